The average Bonchev–Trinajstić information content (AvgIpc) is 2.68. The Balaban J connectivity index is 1.84. The van der Waals surface area contributed by atoms with Crippen LogP contribution in [-0.4, -0.2) is 23.7 Å². The molecule has 0 amide bonds. The largest absolute Gasteiger partial charge is 0.490 e. The number of carboxylic acid groups (broad SMARTS) is 1. The number of carboxylic acids is 1. The van der Waals surface area contributed by atoms with Gasteiger partial charge in [0.05, 0.1) is 6.10 Å². The predicted molar refractivity (Wildman–Crippen MR) is 110 cm³/mol. The van der Waals surface area contributed by atoms with Crippen molar-refractivity contribution in [1.82, 2.24) is 5.32 Å². The maximum atomic E-state index is 14.0. The van der Waals surface area contributed by atoms with E-state index in [2.05, 4.69) is 12.2 Å². The first-order valence-corrected chi connectivity index (χ1v) is 10.5. The van der Waals surface area contributed by atoms with E-state index in [0.29, 0.717) is 30.8 Å². The lowest BCUT2D eigenvalue weighted by atomic mass is 9.89. The zero-order valence-corrected chi connectivity index (χ0v) is 17.1. The number of rotatable bonds is 8. The van der Waals surface area contributed by atoms with Gasteiger partial charge in [0, 0.05) is 13.0 Å². The van der Waals surface area contributed by atoms with Crippen LogP contribution in [0.2, 0.25) is 0 Å². The number of halogens is 3. The zero-order valence-electron chi connectivity index (χ0n) is 17.1. The maximum Gasteiger partial charge on any atom is 0.420 e. The van der Waals surface area contributed by atoms with Gasteiger partial charge in [-0.15, -0.1) is 0 Å². The van der Waals surface area contributed by atoms with Crippen molar-refractivity contribution in [1.29, 1.82) is 0 Å². The van der Waals surface area contributed by atoms with Crippen LogP contribution in [0.15, 0.2) is 30.3 Å². The molecule has 0 atom stereocenters. The smallest absolute Gasteiger partial charge is 0.420 e. The molecular weight excluding hydrogens is 395 g/mol. The summed E-state index contributed by atoms with van der Waals surface area (Å²) in [5.74, 6) is -0.369. The minimum absolute atomic E-state index is 0.0569. The molecule has 1 fully saturated rings. The molecule has 1 aliphatic rings. The number of benzene rings is 2. The number of ether oxygens (including phenoxy) is 1. The van der Waals surface area contributed by atoms with Gasteiger partial charge in [-0.25, -0.2) is 0 Å². The summed E-state index contributed by atoms with van der Waals surface area (Å²) in [6.45, 7) is 3.01. The summed E-state index contributed by atoms with van der Waals surface area (Å²) in [5.41, 5.74) is 0.0257. The molecule has 3 rings (SSSR count). The molecule has 2 aromatic rings. The first-order valence-electron chi connectivity index (χ1n) is 10.5. The Morgan fingerprint density at radius 2 is 1.87 bits per heavy atom. The normalized spacial score (nSPS) is 19.7. The van der Waals surface area contributed by atoms with Crippen LogP contribution in [0, 0.1) is 5.92 Å². The summed E-state index contributed by atoms with van der Waals surface area (Å²) >= 11 is 0. The molecule has 4 nitrogen and oxygen atoms in total. The average molecular weight is 423 g/mol. The fourth-order valence-corrected chi connectivity index (χ4v) is 4.06. The fourth-order valence-electron chi connectivity index (χ4n) is 4.06. The van der Waals surface area contributed by atoms with Crippen molar-refractivity contribution in [3.63, 3.8) is 0 Å². The third-order valence-electron chi connectivity index (χ3n) is 5.71. The molecule has 0 aromatic heterocycles. The molecule has 1 saturated carbocycles. The maximum absolute atomic E-state index is 14.0. The van der Waals surface area contributed by atoms with E-state index in [9.17, 15) is 18.0 Å². The first-order chi connectivity index (χ1) is 14.3. The molecule has 0 radical (unpaired) electrons. The van der Waals surface area contributed by atoms with Gasteiger partial charge in [0.1, 0.15) is 11.3 Å². The van der Waals surface area contributed by atoms with Crippen LogP contribution in [0.3, 0.4) is 0 Å². The van der Waals surface area contributed by atoms with Crippen molar-refractivity contribution in [2.75, 3.05) is 6.54 Å². The summed E-state index contributed by atoms with van der Waals surface area (Å²) < 4.78 is 47.9. The lowest BCUT2D eigenvalue weighted by Crippen LogP contribution is -2.24. The van der Waals surface area contributed by atoms with Gasteiger partial charge in [0.15, 0.2) is 0 Å². The van der Waals surface area contributed by atoms with Gasteiger partial charge in [0.25, 0.3) is 0 Å². The number of hydrogen-bond donors (Lipinski definition) is 2. The summed E-state index contributed by atoms with van der Waals surface area (Å²) in [6.07, 6.45) is -0.696. The fraction of sp³-hybridized carbons (Fsp3) is 0.522. The van der Waals surface area contributed by atoms with Crippen LogP contribution in [-0.2, 0) is 17.5 Å². The number of fused-ring (bicyclic) bond motifs is 1. The first kappa shape index (κ1) is 22.4. The molecule has 2 N–H and O–H groups in total. The van der Waals surface area contributed by atoms with Gasteiger partial charge in [-0.05, 0) is 67.0 Å². The highest BCUT2D eigenvalue weighted by molar-refractivity contribution is 5.91. The second-order valence-corrected chi connectivity index (χ2v) is 8.12. The predicted octanol–water partition coefficient (Wildman–Crippen LogP) is 5.77. The van der Waals surface area contributed by atoms with Crippen LogP contribution in [0.25, 0.3) is 10.8 Å². The highest BCUT2D eigenvalue weighted by Gasteiger charge is 2.37. The van der Waals surface area contributed by atoms with Crippen LogP contribution < -0.4 is 10.1 Å². The summed E-state index contributed by atoms with van der Waals surface area (Å²) in [6, 6.07) is 8.03. The number of aliphatic carboxylic acids is 1. The van der Waals surface area contributed by atoms with Gasteiger partial charge in [-0.2, -0.15) is 13.2 Å². The molecule has 0 spiro atoms. The van der Waals surface area contributed by atoms with Crippen molar-refractivity contribution < 1.29 is 27.8 Å². The molecule has 0 heterocycles. The molecule has 1 aliphatic carbocycles. The van der Waals surface area contributed by atoms with Crippen molar-refractivity contribution in [3.05, 3.63) is 41.5 Å². The molecule has 0 unspecified atom stereocenters. The second-order valence-electron chi connectivity index (χ2n) is 8.12. The van der Waals surface area contributed by atoms with E-state index in [1.165, 1.54) is 12.1 Å². The lowest BCUT2D eigenvalue weighted by Gasteiger charge is -2.28. The van der Waals surface area contributed by atoms with Crippen LogP contribution >= 0.6 is 0 Å². The summed E-state index contributed by atoms with van der Waals surface area (Å²) in [7, 11) is 0. The van der Waals surface area contributed by atoms with Gasteiger partial charge < -0.3 is 15.2 Å². The Morgan fingerprint density at radius 3 is 2.53 bits per heavy atom. The Bertz CT molecular complexity index is 874. The molecule has 2 aromatic carbocycles. The zero-order chi connectivity index (χ0) is 21.7. The van der Waals surface area contributed by atoms with Gasteiger partial charge >= 0.3 is 12.1 Å². The number of hydrogen-bond acceptors (Lipinski definition) is 3. The van der Waals surface area contributed by atoms with E-state index in [0.717, 1.165) is 31.2 Å². The van der Waals surface area contributed by atoms with E-state index in [4.69, 9.17) is 9.84 Å². The van der Waals surface area contributed by atoms with Crippen molar-refractivity contribution >= 4 is 16.7 Å². The number of alkyl halides is 3. The molecule has 0 saturated heterocycles. The standard InChI is InChI=1S/C23H28F3NO3/c1-15-7-9-17(10-8-15)30-20-12-11-18-16(14-27-13-3-6-21(28)29)4-2-5-19(18)22(20)23(24,25)26/h2,4-5,11-12,15,17,27H,3,6-10,13-14H2,1H3,(H,28,29)/t15-,17+. The van der Waals surface area contributed by atoms with Crippen LogP contribution in [0.1, 0.15) is 56.6 Å². The molecular formula is C23H28F3NO3. The molecule has 0 aliphatic heterocycles. The third kappa shape index (κ3) is 5.65. The van der Waals surface area contributed by atoms with Gasteiger partial charge in [-0.3, -0.25) is 4.79 Å². The lowest BCUT2D eigenvalue weighted by molar-refractivity contribution is -0.138. The Morgan fingerprint density at radius 1 is 1.13 bits per heavy atom. The van der Waals surface area contributed by atoms with E-state index in [1.807, 2.05) is 0 Å². The third-order valence-corrected chi connectivity index (χ3v) is 5.71. The van der Waals surface area contributed by atoms with Gasteiger partial charge in [-0.1, -0.05) is 31.2 Å². The molecule has 7 heteroatoms. The monoisotopic (exact) mass is 423 g/mol. The Hall–Kier alpha value is -2.28. The van der Waals surface area contributed by atoms with E-state index in [1.54, 1.807) is 18.2 Å². The SMILES string of the molecule is C[C@H]1CC[C@@H](Oc2ccc3c(CNCCCC(=O)O)cccc3c2C(F)(F)F)CC1. The highest BCUT2D eigenvalue weighted by Crippen LogP contribution is 2.43. The molecule has 30 heavy (non-hydrogen) atoms. The number of nitrogens with one attached hydrogen (secondary N) is 1. The quantitative estimate of drug-likeness (QED) is 0.529. The minimum atomic E-state index is -4.52. The van der Waals surface area contributed by atoms with Gasteiger partial charge in [0.2, 0.25) is 0 Å². The molecule has 164 valence electrons. The van der Waals surface area contributed by atoms with E-state index >= 15 is 0 Å². The van der Waals surface area contributed by atoms with Crippen molar-refractivity contribution in [2.45, 2.75) is 64.3 Å². The van der Waals surface area contributed by atoms with Crippen LogP contribution in [0.4, 0.5) is 13.2 Å². The van der Waals surface area contributed by atoms with E-state index in [-0.39, 0.29) is 23.7 Å². The number of carbonyl (C=O) groups is 1. The second kappa shape index (κ2) is 9.69. The molecule has 0 bridgehead atoms. The summed E-state index contributed by atoms with van der Waals surface area (Å²) in [4.78, 5) is 10.6. The van der Waals surface area contributed by atoms with Crippen molar-refractivity contribution in [2.24, 2.45) is 5.92 Å². The van der Waals surface area contributed by atoms with E-state index < -0.39 is 17.7 Å². The van der Waals surface area contributed by atoms with Crippen molar-refractivity contribution in [3.8, 4) is 5.75 Å². The topological polar surface area (TPSA) is 58.6 Å². The Labute approximate surface area is 174 Å². The summed E-state index contributed by atoms with van der Waals surface area (Å²) in [5, 5.41) is 12.5. The highest BCUT2D eigenvalue weighted by atomic mass is 19.4. The Kier molecular flexibility index (Phi) is 7.23. The minimum Gasteiger partial charge on any atom is -0.490 e. The van der Waals surface area contributed by atoms with Crippen LogP contribution in [0.5, 0.6) is 5.75 Å².